The van der Waals surface area contributed by atoms with Gasteiger partial charge in [-0.1, -0.05) is 6.08 Å². The molecule has 1 aromatic heterocycles. The Hall–Kier alpha value is -1.45. The molecule has 1 heterocycles. The van der Waals surface area contributed by atoms with E-state index in [9.17, 15) is 4.39 Å². The van der Waals surface area contributed by atoms with Crippen molar-refractivity contribution in [2.45, 2.75) is 13.3 Å². The Morgan fingerprint density at radius 2 is 2.38 bits per heavy atom. The summed E-state index contributed by atoms with van der Waals surface area (Å²) >= 11 is 0. The number of nitrogens with zero attached hydrogens (tertiary/aromatic N) is 2. The second-order valence-electron chi connectivity index (χ2n) is 2.63. The number of nitrogens with one attached hydrogen (secondary N) is 1. The van der Waals surface area contributed by atoms with Crippen LogP contribution in [0.5, 0.6) is 0 Å². The molecule has 0 aromatic carbocycles. The number of aromatic nitrogens is 2. The van der Waals surface area contributed by atoms with E-state index in [0.29, 0.717) is 12.2 Å². The third-order valence-electron chi connectivity index (χ3n) is 1.60. The van der Waals surface area contributed by atoms with Crippen molar-refractivity contribution in [1.82, 2.24) is 9.97 Å². The third kappa shape index (κ3) is 2.50. The Bertz CT molecular complexity index is 299. The van der Waals surface area contributed by atoms with Crippen molar-refractivity contribution >= 4 is 5.82 Å². The molecule has 0 saturated heterocycles. The normalized spacial score (nSPS) is 9.69. The van der Waals surface area contributed by atoms with E-state index in [-0.39, 0.29) is 11.6 Å². The topological polar surface area (TPSA) is 37.8 Å². The lowest BCUT2D eigenvalue weighted by atomic mass is 10.4. The zero-order valence-electron chi connectivity index (χ0n) is 7.55. The molecule has 0 aliphatic rings. The van der Waals surface area contributed by atoms with Gasteiger partial charge in [-0.2, -0.15) is 0 Å². The molecule has 0 spiro atoms. The molecule has 13 heavy (non-hydrogen) atoms. The lowest BCUT2D eigenvalue weighted by Gasteiger charge is -2.05. The van der Waals surface area contributed by atoms with Gasteiger partial charge in [-0.25, -0.2) is 14.4 Å². The van der Waals surface area contributed by atoms with Crippen LogP contribution in [-0.2, 0) is 0 Å². The molecule has 1 aromatic rings. The van der Waals surface area contributed by atoms with Crippen molar-refractivity contribution < 1.29 is 4.39 Å². The molecular formula is C9H12FN3. The Labute approximate surface area is 76.7 Å². The lowest BCUT2D eigenvalue weighted by molar-refractivity contribution is 0.605. The van der Waals surface area contributed by atoms with E-state index < -0.39 is 0 Å². The highest BCUT2D eigenvalue weighted by Crippen LogP contribution is 2.10. The summed E-state index contributed by atoms with van der Waals surface area (Å²) in [6.45, 7) is 5.81. The van der Waals surface area contributed by atoms with E-state index in [1.165, 1.54) is 6.33 Å². The maximum absolute atomic E-state index is 13.2. The van der Waals surface area contributed by atoms with Gasteiger partial charge in [0.25, 0.3) is 0 Å². The van der Waals surface area contributed by atoms with E-state index in [0.717, 1.165) is 6.42 Å². The molecule has 4 heteroatoms. The van der Waals surface area contributed by atoms with Crippen molar-refractivity contribution in [3.8, 4) is 0 Å². The van der Waals surface area contributed by atoms with Crippen LogP contribution in [0.4, 0.5) is 10.2 Å². The van der Waals surface area contributed by atoms with Crippen LogP contribution in [0.1, 0.15) is 12.1 Å². The van der Waals surface area contributed by atoms with Gasteiger partial charge < -0.3 is 5.32 Å². The molecule has 0 aliphatic heterocycles. The van der Waals surface area contributed by atoms with Crippen molar-refractivity contribution in [2.75, 3.05) is 11.9 Å². The fraction of sp³-hybridized carbons (Fsp3) is 0.333. The summed E-state index contributed by atoms with van der Waals surface area (Å²) < 4.78 is 13.2. The average Bonchev–Trinajstić information content (AvgIpc) is 2.13. The van der Waals surface area contributed by atoms with Crippen LogP contribution in [-0.4, -0.2) is 16.5 Å². The first-order chi connectivity index (χ1) is 6.25. The Morgan fingerprint density at radius 3 is 3.08 bits per heavy atom. The number of hydrogen-bond donors (Lipinski definition) is 1. The lowest BCUT2D eigenvalue weighted by Crippen LogP contribution is -2.06. The van der Waals surface area contributed by atoms with Crippen LogP contribution in [0.3, 0.4) is 0 Å². The van der Waals surface area contributed by atoms with E-state index in [1.54, 1.807) is 13.0 Å². The monoisotopic (exact) mass is 181 g/mol. The molecule has 1 rings (SSSR count). The van der Waals surface area contributed by atoms with E-state index >= 15 is 0 Å². The molecule has 0 atom stereocenters. The predicted molar refractivity (Wildman–Crippen MR) is 50.0 cm³/mol. The maximum Gasteiger partial charge on any atom is 0.186 e. The minimum Gasteiger partial charge on any atom is -0.367 e. The van der Waals surface area contributed by atoms with Gasteiger partial charge in [0.2, 0.25) is 0 Å². The van der Waals surface area contributed by atoms with Crippen molar-refractivity contribution in [2.24, 2.45) is 0 Å². The molecule has 70 valence electrons. The van der Waals surface area contributed by atoms with Gasteiger partial charge in [0, 0.05) is 6.54 Å². The quantitative estimate of drug-likeness (QED) is 0.569. The minimum atomic E-state index is -0.383. The number of halogens is 1. The predicted octanol–water partition coefficient (Wildman–Crippen LogP) is 1.91. The number of anilines is 1. The molecule has 0 bridgehead atoms. The number of hydrogen-bond acceptors (Lipinski definition) is 3. The highest BCUT2D eigenvalue weighted by molar-refractivity contribution is 5.36. The minimum absolute atomic E-state index is 0.259. The van der Waals surface area contributed by atoms with Crippen molar-refractivity contribution in [3.63, 3.8) is 0 Å². The zero-order chi connectivity index (χ0) is 9.68. The second-order valence-corrected chi connectivity index (χ2v) is 2.63. The van der Waals surface area contributed by atoms with Crippen molar-refractivity contribution in [1.29, 1.82) is 0 Å². The summed E-state index contributed by atoms with van der Waals surface area (Å²) in [4.78, 5) is 7.50. The fourth-order valence-corrected chi connectivity index (χ4v) is 0.874. The number of rotatable bonds is 4. The smallest absolute Gasteiger partial charge is 0.186 e. The third-order valence-corrected chi connectivity index (χ3v) is 1.60. The summed E-state index contributed by atoms with van der Waals surface area (Å²) in [7, 11) is 0. The Kier molecular flexibility index (Phi) is 3.37. The summed E-state index contributed by atoms with van der Waals surface area (Å²) in [5.41, 5.74) is 0.358. The molecule has 0 unspecified atom stereocenters. The van der Waals surface area contributed by atoms with E-state index in [4.69, 9.17) is 0 Å². The van der Waals surface area contributed by atoms with Gasteiger partial charge in [-0.15, -0.1) is 6.58 Å². The molecule has 0 amide bonds. The number of aryl methyl sites for hydroxylation is 1. The van der Waals surface area contributed by atoms with Gasteiger partial charge in [0.15, 0.2) is 11.6 Å². The molecule has 0 fully saturated rings. The largest absolute Gasteiger partial charge is 0.367 e. The van der Waals surface area contributed by atoms with Crippen LogP contribution < -0.4 is 5.32 Å². The molecular weight excluding hydrogens is 169 g/mol. The van der Waals surface area contributed by atoms with Crippen LogP contribution in [0.25, 0.3) is 0 Å². The summed E-state index contributed by atoms with van der Waals surface area (Å²) in [6, 6.07) is 0. The molecule has 0 saturated carbocycles. The summed E-state index contributed by atoms with van der Waals surface area (Å²) in [5.74, 6) is -0.124. The van der Waals surface area contributed by atoms with Crippen LogP contribution in [0.15, 0.2) is 19.0 Å². The highest BCUT2D eigenvalue weighted by atomic mass is 19.1. The second kappa shape index (κ2) is 4.54. The van der Waals surface area contributed by atoms with Crippen LogP contribution >= 0.6 is 0 Å². The SMILES string of the molecule is C=CCCNc1ncnc(C)c1F. The molecule has 0 aliphatic carbocycles. The Balaban J connectivity index is 2.65. The maximum atomic E-state index is 13.2. The van der Waals surface area contributed by atoms with Gasteiger partial charge in [-0.3, -0.25) is 0 Å². The molecule has 0 radical (unpaired) electrons. The first kappa shape index (κ1) is 9.64. The van der Waals surface area contributed by atoms with Gasteiger partial charge in [0.05, 0.1) is 5.69 Å². The summed E-state index contributed by atoms with van der Waals surface area (Å²) in [5, 5.41) is 2.86. The fourth-order valence-electron chi connectivity index (χ4n) is 0.874. The zero-order valence-corrected chi connectivity index (χ0v) is 7.55. The van der Waals surface area contributed by atoms with Crippen LogP contribution in [0.2, 0.25) is 0 Å². The van der Waals surface area contributed by atoms with Gasteiger partial charge >= 0.3 is 0 Å². The van der Waals surface area contributed by atoms with Gasteiger partial charge in [0.1, 0.15) is 6.33 Å². The molecule has 1 N–H and O–H groups in total. The average molecular weight is 181 g/mol. The first-order valence-electron chi connectivity index (χ1n) is 4.07. The van der Waals surface area contributed by atoms with Gasteiger partial charge in [-0.05, 0) is 13.3 Å². The standard InChI is InChI=1S/C9H12FN3/c1-3-4-5-11-9-8(10)7(2)12-6-13-9/h3,6H,1,4-5H2,2H3,(H,11,12,13). The Morgan fingerprint density at radius 1 is 1.62 bits per heavy atom. The van der Waals surface area contributed by atoms with Crippen molar-refractivity contribution in [3.05, 3.63) is 30.5 Å². The summed E-state index contributed by atoms with van der Waals surface area (Å²) in [6.07, 6.45) is 3.89. The molecule has 3 nitrogen and oxygen atoms in total. The van der Waals surface area contributed by atoms with E-state index in [1.807, 2.05) is 0 Å². The van der Waals surface area contributed by atoms with Crippen LogP contribution in [0, 0.1) is 12.7 Å². The highest BCUT2D eigenvalue weighted by Gasteiger charge is 2.05. The first-order valence-corrected chi connectivity index (χ1v) is 4.07. The van der Waals surface area contributed by atoms with E-state index in [2.05, 4.69) is 21.9 Å².